The lowest BCUT2D eigenvalue weighted by Gasteiger charge is -2.19. The van der Waals surface area contributed by atoms with Crippen LogP contribution in [0.4, 0.5) is 5.69 Å². The van der Waals surface area contributed by atoms with Gasteiger partial charge in [-0.05, 0) is 53.4 Å². The molecule has 1 aromatic rings. The number of nitrogens with one attached hydrogen (secondary N) is 1. The number of hydrogen-bond donors (Lipinski definition) is 2. The second-order valence-corrected chi connectivity index (χ2v) is 6.26. The maximum atomic E-state index is 12.0. The maximum Gasteiger partial charge on any atom is 0.283 e. The zero-order valence-electron chi connectivity index (χ0n) is 10.7. The van der Waals surface area contributed by atoms with Crippen LogP contribution < -0.4 is 10.9 Å². The van der Waals surface area contributed by atoms with Crippen molar-refractivity contribution < 1.29 is 5.11 Å². The summed E-state index contributed by atoms with van der Waals surface area (Å²) in [5, 5.41) is 16.5. The highest BCUT2D eigenvalue weighted by Crippen LogP contribution is 2.46. The molecule has 5 nitrogen and oxygen atoms in total. The van der Waals surface area contributed by atoms with Gasteiger partial charge in [0.05, 0.1) is 25.0 Å². The van der Waals surface area contributed by atoms with Gasteiger partial charge in [0, 0.05) is 6.04 Å². The molecule has 0 amide bonds. The highest BCUT2D eigenvalue weighted by atomic mass is 79.9. The topological polar surface area (TPSA) is 67.2 Å². The quantitative estimate of drug-likeness (QED) is 0.832. The van der Waals surface area contributed by atoms with Gasteiger partial charge < -0.3 is 10.4 Å². The third-order valence-corrected chi connectivity index (χ3v) is 4.64. The Bertz CT molecular complexity index is 511. The van der Waals surface area contributed by atoms with E-state index in [0.29, 0.717) is 10.5 Å². The molecule has 19 heavy (non-hydrogen) atoms. The fourth-order valence-corrected chi connectivity index (χ4v) is 2.95. The van der Waals surface area contributed by atoms with Crippen LogP contribution in [-0.4, -0.2) is 27.5 Å². The normalized spacial score (nSPS) is 18.9. The minimum atomic E-state index is -0.190. The molecule has 0 unspecified atom stereocenters. The van der Waals surface area contributed by atoms with E-state index in [1.807, 2.05) is 0 Å². The van der Waals surface area contributed by atoms with E-state index in [9.17, 15) is 4.79 Å². The molecule has 2 aliphatic carbocycles. The summed E-state index contributed by atoms with van der Waals surface area (Å²) in [7, 11) is 0. The SMILES string of the molecule is O=c1c(Br)c(NC(C2CC2)C2CC2)cnn1CCO. The van der Waals surface area contributed by atoms with Crippen molar-refractivity contribution in [2.24, 2.45) is 11.8 Å². The number of hydrogen-bond acceptors (Lipinski definition) is 4. The van der Waals surface area contributed by atoms with Crippen molar-refractivity contribution in [1.82, 2.24) is 9.78 Å². The Morgan fingerprint density at radius 3 is 2.58 bits per heavy atom. The van der Waals surface area contributed by atoms with Gasteiger partial charge in [0.1, 0.15) is 4.47 Å². The van der Waals surface area contributed by atoms with Crippen molar-refractivity contribution >= 4 is 21.6 Å². The minimum absolute atomic E-state index is 0.0844. The Labute approximate surface area is 120 Å². The van der Waals surface area contributed by atoms with Gasteiger partial charge >= 0.3 is 0 Å². The molecule has 0 bridgehead atoms. The number of halogens is 1. The molecule has 3 rings (SSSR count). The summed E-state index contributed by atoms with van der Waals surface area (Å²) < 4.78 is 1.79. The van der Waals surface area contributed by atoms with Gasteiger partial charge in [-0.2, -0.15) is 5.10 Å². The summed E-state index contributed by atoms with van der Waals surface area (Å²) in [4.78, 5) is 12.0. The van der Waals surface area contributed by atoms with E-state index in [1.165, 1.54) is 30.4 Å². The predicted octanol–water partition coefficient (Wildman–Crippen LogP) is 1.60. The summed E-state index contributed by atoms with van der Waals surface area (Å²) >= 11 is 3.35. The summed E-state index contributed by atoms with van der Waals surface area (Å²) in [6.07, 6.45) is 6.85. The Morgan fingerprint density at radius 1 is 1.42 bits per heavy atom. The van der Waals surface area contributed by atoms with Crippen LogP contribution in [0, 0.1) is 11.8 Å². The smallest absolute Gasteiger partial charge is 0.283 e. The van der Waals surface area contributed by atoms with Gasteiger partial charge in [0.15, 0.2) is 0 Å². The zero-order chi connectivity index (χ0) is 13.4. The van der Waals surface area contributed by atoms with Crippen LogP contribution in [0.25, 0.3) is 0 Å². The molecule has 2 saturated carbocycles. The van der Waals surface area contributed by atoms with E-state index in [0.717, 1.165) is 17.5 Å². The summed E-state index contributed by atoms with van der Waals surface area (Å²) in [5.74, 6) is 1.53. The second kappa shape index (κ2) is 5.25. The van der Waals surface area contributed by atoms with E-state index >= 15 is 0 Å². The van der Waals surface area contributed by atoms with Crippen molar-refractivity contribution in [2.75, 3.05) is 11.9 Å². The van der Waals surface area contributed by atoms with E-state index in [-0.39, 0.29) is 18.7 Å². The fraction of sp³-hybridized carbons (Fsp3) is 0.692. The summed E-state index contributed by atoms with van der Waals surface area (Å²) in [6, 6.07) is 0.492. The third kappa shape index (κ3) is 2.84. The first-order chi connectivity index (χ1) is 9.20. The van der Waals surface area contributed by atoms with E-state index < -0.39 is 0 Å². The highest BCUT2D eigenvalue weighted by Gasteiger charge is 2.41. The molecule has 0 aromatic carbocycles. The van der Waals surface area contributed by atoms with Gasteiger partial charge in [-0.15, -0.1) is 0 Å². The standard InChI is InChI=1S/C13H18BrN3O2/c14-11-10(7-15-17(5-6-18)13(11)19)16-12(8-1-2-8)9-3-4-9/h7-9,12,16,18H,1-6H2. The van der Waals surface area contributed by atoms with Crippen LogP contribution in [0.5, 0.6) is 0 Å². The lowest BCUT2D eigenvalue weighted by molar-refractivity contribution is 0.266. The van der Waals surface area contributed by atoms with Crippen LogP contribution in [0.1, 0.15) is 25.7 Å². The first kappa shape index (κ1) is 13.1. The van der Waals surface area contributed by atoms with Crippen molar-refractivity contribution in [3.63, 3.8) is 0 Å². The van der Waals surface area contributed by atoms with E-state index in [2.05, 4.69) is 26.3 Å². The number of aliphatic hydroxyl groups excluding tert-OH is 1. The summed E-state index contributed by atoms with van der Waals surface area (Å²) in [6.45, 7) is 0.144. The number of rotatable bonds is 6. The number of aliphatic hydroxyl groups is 1. The van der Waals surface area contributed by atoms with Crippen molar-refractivity contribution in [3.8, 4) is 0 Å². The molecule has 0 aliphatic heterocycles. The first-order valence-corrected chi connectivity index (χ1v) is 7.63. The molecular weight excluding hydrogens is 310 g/mol. The maximum absolute atomic E-state index is 12.0. The Hall–Kier alpha value is -0.880. The van der Waals surface area contributed by atoms with Crippen molar-refractivity contribution in [1.29, 1.82) is 0 Å². The number of nitrogens with zero attached hydrogens (tertiary/aromatic N) is 2. The molecule has 2 N–H and O–H groups in total. The Kier molecular flexibility index (Phi) is 3.62. The molecule has 104 valence electrons. The Morgan fingerprint density at radius 2 is 2.05 bits per heavy atom. The number of anilines is 1. The largest absolute Gasteiger partial charge is 0.394 e. The lowest BCUT2D eigenvalue weighted by atomic mass is 10.1. The van der Waals surface area contributed by atoms with E-state index in [1.54, 1.807) is 6.20 Å². The minimum Gasteiger partial charge on any atom is -0.394 e. The molecule has 0 saturated heterocycles. The van der Waals surface area contributed by atoms with Gasteiger partial charge in [-0.1, -0.05) is 0 Å². The van der Waals surface area contributed by atoms with E-state index in [4.69, 9.17) is 5.11 Å². The van der Waals surface area contributed by atoms with Gasteiger partial charge in [0.25, 0.3) is 5.56 Å². The molecule has 2 fully saturated rings. The average molecular weight is 328 g/mol. The lowest BCUT2D eigenvalue weighted by Crippen LogP contribution is -2.29. The van der Waals surface area contributed by atoms with Gasteiger partial charge in [-0.25, -0.2) is 4.68 Å². The molecule has 1 heterocycles. The van der Waals surface area contributed by atoms with Crippen molar-refractivity contribution in [2.45, 2.75) is 38.3 Å². The Balaban J connectivity index is 1.80. The predicted molar refractivity (Wildman–Crippen MR) is 76.1 cm³/mol. The molecule has 0 radical (unpaired) electrons. The van der Waals surface area contributed by atoms with Crippen LogP contribution >= 0.6 is 15.9 Å². The van der Waals surface area contributed by atoms with Gasteiger partial charge in [0.2, 0.25) is 0 Å². The van der Waals surface area contributed by atoms with Crippen LogP contribution in [-0.2, 0) is 6.54 Å². The second-order valence-electron chi connectivity index (χ2n) is 5.47. The molecule has 2 aliphatic rings. The fourth-order valence-electron chi connectivity index (χ4n) is 2.53. The van der Waals surface area contributed by atoms with Gasteiger partial charge in [-0.3, -0.25) is 4.79 Å². The molecular formula is C13H18BrN3O2. The van der Waals surface area contributed by atoms with Crippen LogP contribution in [0.15, 0.2) is 15.5 Å². The molecule has 0 spiro atoms. The first-order valence-electron chi connectivity index (χ1n) is 6.83. The van der Waals surface area contributed by atoms with Crippen LogP contribution in [0.2, 0.25) is 0 Å². The molecule has 1 aromatic heterocycles. The molecule has 0 atom stereocenters. The number of aromatic nitrogens is 2. The summed E-state index contributed by atoms with van der Waals surface area (Å²) in [5.41, 5.74) is 0.590. The highest BCUT2D eigenvalue weighted by molar-refractivity contribution is 9.10. The van der Waals surface area contributed by atoms with Crippen LogP contribution in [0.3, 0.4) is 0 Å². The van der Waals surface area contributed by atoms with Crippen molar-refractivity contribution in [3.05, 3.63) is 21.0 Å². The monoisotopic (exact) mass is 327 g/mol. The molecule has 6 heteroatoms. The zero-order valence-corrected chi connectivity index (χ0v) is 12.3. The average Bonchev–Trinajstić information content (AvgIpc) is 3.27. The third-order valence-electron chi connectivity index (χ3n) is 3.88.